The van der Waals surface area contributed by atoms with Gasteiger partial charge in [0.15, 0.2) is 11.6 Å². The second-order valence-corrected chi connectivity index (χ2v) is 5.78. The Morgan fingerprint density at radius 2 is 1.87 bits per heavy atom. The summed E-state index contributed by atoms with van der Waals surface area (Å²) in [4.78, 5) is 29.0. The van der Waals surface area contributed by atoms with Crippen LogP contribution >= 0.6 is 11.3 Å². The van der Waals surface area contributed by atoms with Gasteiger partial charge in [0.05, 0.1) is 22.9 Å². The van der Waals surface area contributed by atoms with Crippen LogP contribution in [0.4, 0.5) is 18.9 Å². The molecule has 0 spiro atoms. The number of benzene rings is 1. The second-order valence-electron chi connectivity index (χ2n) is 4.72. The van der Waals surface area contributed by atoms with E-state index in [0.717, 1.165) is 9.91 Å². The van der Waals surface area contributed by atoms with E-state index in [1.807, 2.05) is 5.32 Å². The van der Waals surface area contributed by atoms with Gasteiger partial charge in [-0.15, -0.1) is 11.3 Å². The van der Waals surface area contributed by atoms with Crippen molar-refractivity contribution in [3.8, 4) is 0 Å². The first-order chi connectivity index (χ1) is 10.8. The predicted molar refractivity (Wildman–Crippen MR) is 78.3 cm³/mol. The molecule has 0 aliphatic rings. The molecular weight excluding hydrogens is 331 g/mol. The maximum absolute atomic E-state index is 13.4. The molecular formula is C14H12F3N3O2S. The van der Waals surface area contributed by atoms with Gasteiger partial charge < -0.3 is 10.2 Å². The first kappa shape index (κ1) is 16.9. The molecule has 1 heterocycles. The Kier molecular flexibility index (Phi) is 4.99. The number of aryl methyl sites for hydroxylation is 1. The third-order valence-electron chi connectivity index (χ3n) is 2.86. The Labute approximate surface area is 133 Å². The van der Waals surface area contributed by atoms with Crippen LogP contribution in [-0.2, 0) is 16.1 Å². The number of likely N-dealkylation sites (N-methyl/N-ethyl adjacent to an activating group) is 1. The standard InChI is InChI=1S/C14H12F3N3O2S/c1-7-18-8(6-23-7)5-20(2)14(22)13(21)19-12-4-10(16)9(15)3-11(12)17/h3-4,6H,5H2,1-2H3,(H,19,21). The highest BCUT2D eigenvalue weighted by atomic mass is 32.1. The van der Waals surface area contributed by atoms with E-state index in [0.29, 0.717) is 11.8 Å². The molecule has 5 nitrogen and oxygen atoms in total. The Morgan fingerprint density at radius 1 is 1.22 bits per heavy atom. The summed E-state index contributed by atoms with van der Waals surface area (Å²) in [6.45, 7) is 1.89. The quantitative estimate of drug-likeness (QED) is 0.688. The summed E-state index contributed by atoms with van der Waals surface area (Å²) in [6, 6.07) is 0.761. The van der Waals surface area contributed by atoms with Crippen molar-refractivity contribution in [2.75, 3.05) is 12.4 Å². The number of nitrogens with zero attached hydrogens (tertiary/aromatic N) is 2. The molecule has 0 fully saturated rings. The van der Waals surface area contributed by atoms with E-state index < -0.39 is 35.0 Å². The smallest absolute Gasteiger partial charge is 0.313 e. The van der Waals surface area contributed by atoms with E-state index in [1.165, 1.54) is 18.4 Å². The molecule has 0 saturated heterocycles. The highest BCUT2D eigenvalue weighted by molar-refractivity contribution is 7.09. The van der Waals surface area contributed by atoms with Crippen molar-refractivity contribution >= 4 is 28.8 Å². The van der Waals surface area contributed by atoms with Crippen LogP contribution in [0.1, 0.15) is 10.7 Å². The monoisotopic (exact) mass is 343 g/mol. The summed E-state index contributed by atoms with van der Waals surface area (Å²) >= 11 is 1.40. The number of carbonyl (C=O) groups is 2. The zero-order chi connectivity index (χ0) is 17.1. The van der Waals surface area contributed by atoms with Gasteiger partial charge in [0.25, 0.3) is 0 Å². The van der Waals surface area contributed by atoms with Crippen molar-refractivity contribution in [2.24, 2.45) is 0 Å². The third-order valence-corrected chi connectivity index (χ3v) is 3.69. The summed E-state index contributed by atoms with van der Waals surface area (Å²) in [7, 11) is 1.37. The van der Waals surface area contributed by atoms with E-state index >= 15 is 0 Å². The van der Waals surface area contributed by atoms with Gasteiger partial charge >= 0.3 is 11.8 Å². The fraction of sp³-hybridized carbons (Fsp3) is 0.214. The predicted octanol–water partition coefficient (Wildman–Crippen LogP) is 2.47. The maximum Gasteiger partial charge on any atom is 0.313 e. The number of amides is 2. The van der Waals surface area contributed by atoms with Gasteiger partial charge in [-0.25, -0.2) is 18.2 Å². The van der Waals surface area contributed by atoms with E-state index in [4.69, 9.17) is 0 Å². The molecule has 1 aromatic carbocycles. The van der Waals surface area contributed by atoms with E-state index in [1.54, 1.807) is 12.3 Å². The minimum atomic E-state index is -1.39. The fourth-order valence-electron chi connectivity index (χ4n) is 1.76. The molecule has 1 aromatic heterocycles. The molecule has 0 aliphatic heterocycles. The molecule has 1 N–H and O–H groups in total. The van der Waals surface area contributed by atoms with Gasteiger partial charge in [-0.1, -0.05) is 0 Å². The van der Waals surface area contributed by atoms with Crippen LogP contribution in [0, 0.1) is 24.4 Å². The van der Waals surface area contributed by atoms with Crippen molar-refractivity contribution in [1.82, 2.24) is 9.88 Å². The first-order valence-corrected chi connectivity index (χ1v) is 7.28. The van der Waals surface area contributed by atoms with Gasteiger partial charge in [0, 0.05) is 24.6 Å². The largest absolute Gasteiger partial charge is 0.332 e. The van der Waals surface area contributed by atoms with Crippen molar-refractivity contribution in [3.63, 3.8) is 0 Å². The summed E-state index contributed by atoms with van der Waals surface area (Å²) < 4.78 is 39.3. The van der Waals surface area contributed by atoms with Crippen LogP contribution in [-0.4, -0.2) is 28.7 Å². The normalized spacial score (nSPS) is 10.5. The molecule has 0 bridgehead atoms. The SMILES string of the molecule is Cc1nc(CN(C)C(=O)C(=O)Nc2cc(F)c(F)cc2F)cs1. The lowest BCUT2D eigenvalue weighted by Gasteiger charge is -2.15. The summed E-state index contributed by atoms with van der Waals surface area (Å²) in [5, 5.41) is 4.48. The molecule has 0 unspecified atom stereocenters. The average molecular weight is 343 g/mol. The molecule has 0 aliphatic carbocycles. The molecule has 9 heteroatoms. The number of thiazole rings is 1. The number of rotatable bonds is 3. The molecule has 0 saturated carbocycles. The van der Waals surface area contributed by atoms with Crippen LogP contribution in [0.5, 0.6) is 0 Å². The Morgan fingerprint density at radius 3 is 2.48 bits per heavy atom. The second kappa shape index (κ2) is 6.78. The highest BCUT2D eigenvalue weighted by Gasteiger charge is 2.21. The van der Waals surface area contributed by atoms with E-state index in [-0.39, 0.29) is 12.6 Å². The van der Waals surface area contributed by atoms with Crippen molar-refractivity contribution in [1.29, 1.82) is 0 Å². The lowest BCUT2D eigenvalue weighted by Crippen LogP contribution is -2.37. The van der Waals surface area contributed by atoms with Crippen molar-refractivity contribution in [3.05, 3.63) is 45.7 Å². The molecule has 2 rings (SSSR count). The number of nitrogens with one attached hydrogen (secondary N) is 1. The lowest BCUT2D eigenvalue weighted by atomic mass is 10.2. The van der Waals surface area contributed by atoms with Gasteiger partial charge in [-0.3, -0.25) is 9.59 Å². The third kappa shape index (κ3) is 4.07. The minimum Gasteiger partial charge on any atom is -0.332 e. The Hall–Kier alpha value is -2.42. The zero-order valence-electron chi connectivity index (χ0n) is 12.2. The number of anilines is 1. The molecule has 2 aromatic rings. The van der Waals surface area contributed by atoms with Crippen LogP contribution in [0.3, 0.4) is 0 Å². The number of hydrogen-bond donors (Lipinski definition) is 1. The number of hydrogen-bond acceptors (Lipinski definition) is 4. The number of carbonyl (C=O) groups excluding carboxylic acids is 2. The molecule has 2 amide bonds. The molecule has 122 valence electrons. The summed E-state index contributed by atoms with van der Waals surface area (Å²) in [6.07, 6.45) is 0. The number of aromatic nitrogens is 1. The van der Waals surface area contributed by atoms with Gasteiger partial charge in [-0.2, -0.15) is 0 Å². The van der Waals surface area contributed by atoms with Crippen LogP contribution in [0.25, 0.3) is 0 Å². The first-order valence-electron chi connectivity index (χ1n) is 6.40. The van der Waals surface area contributed by atoms with E-state index in [9.17, 15) is 22.8 Å². The maximum atomic E-state index is 13.4. The Balaban J connectivity index is 2.05. The highest BCUT2D eigenvalue weighted by Crippen LogP contribution is 2.18. The van der Waals surface area contributed by atoms with Crippen molar-refractivity contribution < 1.29 is 22.8 Å². The van der Waals surface area contributed by atoms with E-state index in [2.05, 4.69) is 4.98 Å². The lowest BCUT2D eigenvalue weighted by molar-refractivity contribution is -0.142. The van der Waals surface area contributed by atoms with Gasteiger partial charge in [0.1, 0.15) is 5.82 Å². The Bertz CT molecular complexity index is 764. The van der Waals surface area contributed by atoms with Crippen LogP contribution < -0.4 is 5.32 Å². The fourth-order valence-corrected chi connectivity index (χ4v) is 2.37. The molecule has 0 atom stereocenters. The van der Waals surface area contributed by atoms with Crippen LogP contribution in [0.2, 0.25) is 0 Å². The zero-order valence-corrected chi connectivity index (χ0v) is 13.0. The summed E-state index contributed by atoms with van der Waals surface area (Å²) in [5.74, 6) is -6.02. The minimum absolute atomic E-state index is 0.0941. The topological polar surface area (TPSA) is 62.3 Å². The van der Waals surface area contributed by atoms with Crippen molar-refractivity contribution in [2.45, 2.75) is 13.5 Å². The number of halogens is 3. The van der Waals surface area contributed by atoms with Gasteiger partial charge in [-0.05, 0) is 6.92 Å². The average Bonchev–Trinajstić information content (AvgIpc) is 2.88. The molecule has 23 heavy (non-hydrogen) atoms. The van der Waals surface area contributed by atoms with Gasteiger partial charge in [0.2, 0.25) is 0 Å². The summed E-state index contributed by atoms with van der Waals surface area (Å²) in [5.41, 5.74) is -0.00434. The molecule has 0 radical (unpaired) electrons. The van der Waals surface area contributed by atoms with Crippen LogP contribution in [0.15, 0.2) is 17.5 Å².